The normalized spacial score (nSPS) is 10.2. The molecule has 0 fully saturated rings. The molecule has 3 N–H and O–H groups in total. The van der Waals surface area contributed by atoms with Crippen LogP contribution in [0.3, 0.4) is 0 Å². The highest BCUT2D eigenvalue weighted by atomic mass is 16.2. The average Bonchev–Trinajstić information content (AvgIpc) is 2.28. The van der Waals surface area contributed by atoms with E-state index >= 15 is 0 Å². The highest BCUT2D eigenvalue weighted by molar-refractivity contribution is 5.29. The fourth-order valence-electron chi connectivity index (χ4n) is 1.34. The van der Waals surface area contributed by atoms with Gasteiger partial charge in [-0.1, -0.05) is 6.07 Å². The van der Waals surface area contributed by atoms with Gasteiger partial charge >= 0.3 is 5.69 Å². The second-order valence-corrected chi connectivity index (χ2v) is 3.48. The molecule has 0 bridgehead atoms. The van der Waals surface area contributed by atoms with Gasteiger partial charge in [-0.25, -0.2) is 9.89 Å². The first-order chi connectivity index (χ1) is 8.15. The minimum atomic E-state index is -0.630. The van der Waals surface area contributed by atoms with Gasteiger partial charge in [-0.2, -0.15) is 0 Å². The molecule has 17 heavy (non-hydrogen) atoms. The van der Waals surface area contributed by atoms with Gasteiger partial charge in [-0.05, 0) is 19.1 Å². The average molecular weight is 233 g/mol. The standard InChI is InChI=1S/C10H11N5O2/c1-6-3-2-4-7(12-6)5-11-8-9(16)13-10(17)15-14-8/h2-4H,5H2,1H3,(H,11,14)(H2,13,15,16,17). The molecule has 2 aromatic rings. The van der Waals surface area contributed by atoms with Crippen LogP contribution in [0.1, 0.15) is 11.4 Å². The summed E-state index contributed by atoms with van der Waals surface area (Å²) in [6.07, 6.45) is 0. The minimum absolute atomic E-state index is 0.0629. The van der Waals surface area contributed by atoms with Gasteiger partial charge in [0.2, 0.25) is 5.82 Å². The Morgan fingerprint density at radius 2 is 2.18 bits per heavy atom. The first-order valence-electron chi connectivity index (χ1n) is 5.00. The Hall–Kier alpha value is -2.44. The van der Waals surface area contributed by atoms with Gasteiger partial charge in [-0.3, -0.25) is 14.8 Å². The lowest BCUT2D eigenvalue weighted by Gasteiger charge is -2.03. The van der Waals surface area contributed by atoms with E-state index in [0.717, 1.165) is 11.4 Å². The van der Waals surface area contributed by atoms with Gasteiger partial charge in [0.25, 0.3) is 5.56 Å². The number of H-pyrrole nitrogens is 2. The second-order valence-electron chi connectivity index (χ2n) is 3.48. The summed E-state index contributed by atoms with van der Waals surface area (Å²) in [6.45, 7) is 2.25. The van der Waals surface area contributed by atoms with Crippen LogP contribution in [-0.4, -0.2) is 20.2 Å². The van der Waals surface area contributed by atoms with Crippen molar-refractivity contribution in [2.24, 2.45) is 0 Å². The smallest absolute Gasteiger partial charge is 0.342 e. The van der Waals surface area contributed by atoms with Crippen molar-refractivity contribution in [1.29, 1.82) is 0 Å². The van der Waals surface area contributed by atoms with Crippen LogP contribution in [0.25, 0.3) is 0 Å². The fourth-order valence-corrected chi connectivity index (χ4v) is 1.34. The van der Waals surface area contributed by atoms with Crippen molar-refractivity contribution in [3.8, 4) is 0 Å². The summed E-state index contributed by atoms with van der Waals surface area (Å²) in [5.74, 6) is 0.0629. The van der Waals surface area contributed by atoms with Crippen molar-refractivity contribution in [2.75, 3.05) is 5.32 Å². The number of aromatic nitrogens is 4. The first-order valence-corrected chi connectivity index (χ1v) is 5.00. The van der Waals surface area contributed by atoms with E-state index in [9.17, 15) is 9.59 Å². The molecule has 0 aliphatic heterocycles. The molecule has 7 heteroatoms. The van der Waals surface area contributed by atoms with Gasteiger partial charge in [0, 0.05) is 5.69 Å². The summed E-state index contributed by atoms with van der Waals surface area (Å²) in [5, 5.41) is 8.54. The topological polar surface area (TPSA) is 104 Å². The van der Waals surface area contributed by atoms with Crippen molar-refractivity contribution >= 4 is 5.82 Å². The fraction of sp³-hybridized carbons (Fsp3) is 0.200. The number of pyridine rings is 1. The van der Waals surface area contributed by atoms with Crippen molar-refractivity contribution in [2.45, 2.75) is 13.5 Å². The predicted octanol–water partition coefficient (Wildman–Crippen LogP) is -0.226. The van der Waals surface area contributed by atoms with Crippen LogP contribution in [0, 0.1) is 6.92 Å². The van der Waals surface area contributed by atoms with Crippen LogP contribution in [0.2, 0.25) is 0 Å². The molecule has 2 rings (SSSR count). The lowest BCUT2D eigenvalue weighted by Crippen LogP contribution is -2.26. The highest BCUT2D eigenvalue weighted by Gasteiger charge is 2.02. The summed E-state index contributed by atoms with van der Waals surface area (Å²) >= 11 is 0. The number of aromatic amines is 2. The summed E-state index contributed by atoms with van der Waals surface area (Å²) in [6, 6.07) is 5.60. The number of nitrogens with zero attached hydrogens (tertiary/aromatic N) is 2. The molecule has 0 atom stereocenters. The van der Waals surface area contributed by atoms with Crippen LogP contribution in [0.5, 0.6) is 0 Å². The Morgan fingerprint density at radius 1 is 1.35 bits per heavy atom. The Bertz CT molecular complexity index is 631. The molecule has 0 spiro atoms. The number of hydrogen-bond donors (Lipinski definition) is 3. The summed E-state index contributed by atoms with van der Waals surface area (Å²) in [4.78, 5) is 28.4. The maximum atomic E-state index is 11.3. The molecule has 0 aliphatic carbocycles. The van der Waals surface area contributed by atoms with E-state index in [1.165, 1.54) is 0 Å². The number of aryl methyl sites for hydroxylation is 1. The lowest BCUT2D eigenvalue weighted by atomic mass is 10.3. The number of hydrogen-bond acceptors (Lipinski definition) is 5. The number of rotatable bonds is 3. The monoisotopic (exact) mass is 233 g/mol. The summed E-state index contributed by atoms with van der Waals surface area (Å²) in [7, 11) is 0. The minimum Gasteiger partial charge on any atom is -0.358 e. The molecular formula is C10H11N5O2. The van der Waals surface area contributed by atoms with Crippen LogP contribution in [0.15, 0.2) is 27.8 Å². The van der Waals surface area contributed by atoms with Crippen LogP contribution in [-0.2, 0) is 6.54 Å². The zero-order chi connectivity index (χ0) is 12.3. The third kappa shape index (κ3) is 2.77. The summed E-state index contributed by atoms with van der Waals surface area (Å²) < 4.78 is 0. The van der Waals surface area contributed by atoms with E-state index in [0.29, 0.717) is 6.54 Å². The van der Waals surface area contributed by atoms with Crippen molar-refractivity contribution in [3.63, 3.8) is 0 Å². The number of anilines is 1. The molecule has 0 radical (unpaired) electrons. The molecule has 0 aliphatic rings. The maximum Gasteiger partial charge on any atom is 0.342 e. The SMILES string of the molecule is Cc1cccc(CNc2n[nH]c(=O)[nH]c2=O)n1. The Kier molecular flexibility index (Phi) is 2.99. The Morgan fingerprint density at radius 3 is 2.88 bits per heavy atom. The molecule has 0 aromatic carbocycles. The molecule has 0 unspecified atom stereocenters. The zero-order valence-electron chi connectivity index (χ0n) is 9.15. The molecular weight excluding hydrogens is 222 g/mol. The second kappa shape index (κ2) is 4.60. The largest absolute Gasteiger partial charge is 0.358 e. The molecule has 2 aromatic heterocycles. The van der Waals surface area contributed by atoms with Crippen molar-refractivity contribution in [3.05, 3.63) is 50.4 Å². The molecule has 2 heterocycles. The van der Waals surface area contributed by atoms with Crippen molar-refractivity contribution < 1.29 is 0 Å². The van der Waals surface area contributed by atoms with Gasteiger partial charge in [-0.15, -0.1) is 5.10 Å². The van der Waals surface area contributed by atoms with Gasteiger partial charge < -0.3 is 5.32 Å². The Balaban J connectivity index is 2.12. The van der Waals surface area contributed by atoms with E-state index in [4.69, 9.17) is 0 Å². The zero-order valence-corrected chi connectivity index (χ0v) is 9.15. The van der Waals surface area contributed by atoms with E-state index in [-0.39, 0.29) is 5.82 Å². The predicted molar refractivity (Wildman–Crippen MR) is 61.8 cm³/mol. The van der Waals surface area contributed by atoms with Crippen molar-refractivity contribution in [1.82, 2.24) is 20.2 Å². The quantitative estimate of drug-likeness (QED) is 0.679. The van der Waals surface area contributed by atoms with Gasteiger partial charge in [0.05, 0.1) is 12.2 Å². The highest BCUT2D eigenvalue weighted by Crippen LogP contribution is 1.99. The molecule has 0 amide bonds. The number of nitrogens with one attached hydrogen (secondary N) is 3. The maximum absolute atomic E-state index is 11.3. The lowest BCUT2D eigenvalue weighted by molar-refractivity contribution is 0.877. The third-order valence-electron chi connectivity index (χ3n) is 2.09. The van der Waals surface area contributed by atoms with E-state index in [1.807, 2.05) is 25.1 Å². The van der Waals surface area contributed by atoms with E-state index in [1.54, 1.807) is 0 Å². The van der Waals surface area contributed by atoms with E-state index in [2.05, 4.69) is 25.5 Å². The first kappa shape index (κ1) is 11.1. The molecule has 0 saturated carbocycles. The van der Waals surface area contributed by atoms with E-state index < -0.39 is 11.2 Å². The van der Waals surface area contributed by atoms with Crippen LogP contribution in [0.4, 0.5) is 5.82 Å². The van der Waals surface area contributed by atoms with Crippen LogP contribution >= 0.6 is 0 Å². The molecule has 0 saturated heterocycles. The van der Waals surface area contributed by atoms with Crippen LogP contribution < -0.4 is 16.6 Å². The summed E-state index contributed by atoms with van der Waals surface area (Å²) in [5.41, 5.74) is 0.501. The molecule has 7 nitrogen and oxygen atoms in total. The third-order valence-corrected chi connectivity index (χ3v) is 2.09. The molecule has 88 valence electrons. The van der Waals surface area contributed by atoms with Gasteiger partial charge in [0.1, 0.15) is 0 Å². The van der Waals surface area contributed by atoms with Gasteiger partial charge in [0.15, 0.2) is 0 Å². The Labute approximate surface area is 95.9 Å².